The third kappa shape index (κ3) is 1.57. The van der Waals surface area contributed by atoms with E-state index in [1.807, 2.05) is 25.1 Å². The summed E-state index contributed by atoms with van der Waals surface area (Å²) in [4.78, 5) is 8.57. The molecule has 3 rings (SSSR count). The fourth-order valence-corrected chi connectivity index (χ4v) is 2.09. The number of halogens is 1. The van der Waals surface area contributed by atoms with E-state index in [1.54, 1.807) is 23.1 Å². The first-order valence-electron chi connectivity index (χ1n) is 5.18. The average molecular weight is 245 g/mol. The van der Waals surface area contributed by atoms with Crippen molar-refractivity contribution in [1.29, 1.82) is 0 Å². The van der Waals surface area contributed by atoms with Crippen LogP contribution in [0.5, 0.6) is 0 Å². The molecule has 0 aliphatic rings. The lowest BCUT2D eigenvalue weighted by atomic mass is 10.3. The van der Waals surface area contributed by atoms with Crippen LogP contribution in [0.25, 0.3) is 16.9 Å². The molecule has 5 heteroatoms. The Balaban J connectivity index is 2.36. The molecule has 0 spiro atoms. The van der Waals surface area contributed by atoms with E-state index in [4.69, 9.17) is 11.6 Å². The summed E-state index contributed by atoms with van der Waals surface area (Å²) in [5.41, 5.74) is 1.58. The molecule has 4 nitrogen and oxygen atoms in total. The summed E-state index contributed by atoms with van der Waals surface area (Å²) < 4.78 is 1.70. The maximum absolute atomic E-state index is 6.15. The van der Waals surface area contributed by atoms with Crippen molar-refractivity contribution < 1.29 is 0 Å². The normalized spacial score (nSPS) is 10.9. The molecule has 0 aromatic carbocycles. The topological polar surface area (TPSA) is 43.6 Å². The summed E-state index contributed by atoms with van der Waals surface area (Å²) in [5, 5.41) is 5.96. The van der Waals surface area contributed by atoms with Gasteiger partial charge in [0.25, 0.3) is 0 Å². The molecule has 0 bridgehead atoms. The van der Waals surface area contributed by atoms with Crippen molar-refractivity contribution in [1.82, 2.24) is 19.7 Å². The number of aryl methyl sites for hydroxylation is 1. The highest BCUT2D eigenvalue weighted by atomic mass is 35.5. The minimum atomic E-state index is 0.662. The highest BCUT2D eigenvalue weighted by Crippen LogP contribution is 2.25. The first kappa shape index (κ1) is 10.2. The molecule has 0 aliphatic heterocycles. The lowest BCUT2D eigenvalue weighted by molar-refractivity contribution is 0.847. The van der Waals surface area contributed by atoms with Crippen LogP contribution in [-0.4, -0.2) is 19.7 Å². The van der Waals surface area contributed by atoms with Gasteiger partial charge in [0.05, 0.1) is 16.1 Å². The van der Waals surface area contributed by atoms with Crippen LogP contribution in [0.1, 0.15) is 5.69 Å². The van der Waals surface area contributed by atoms with Gasteiger partial charge in [-0.1, -0.05) is 17.7 Å². The van der Waals surface area contributed by atoms with Crippen LogP contribution in [0.2, 0.25) is 5.02 Å². The fourth-order valence-electron chi connectivity index (χ4n) is 1.81. The van der Waals surface area contributed by atoms with Crippen LogP contribution in [0, 0.1) is 6.92 Å². The van der Waals surface area contributed by atoms with Crippen molar-refractivity contribution in [2.45, 2.75) is 6.92 Å². The largest absolute Gasteiger partial charge is 0.237 e. The van der Waals surface area contributed by atoms with Crippen molar-refractivity contribution >= 4 is 22.6 Å². The Morgan fingerprint density at radius 3 is 2.76 bits per heavy atom. The van der Waals surface area contributed by atoms with Gasteiger partial charge < -0.3 is 0 Å². The number of hydrogen-bond acceptors (Lipinski definition) is 3. The van der Waals surface area contributed by atoms with Gasteiger partial charge in [-0.25, -0.2) is 9.97 Å². The van der Waals surface area contributed by atoms with Crippen molar-refractivity contribution in [3.05, 3.63) is 47.4 Å². The Labute approximate surface area is 103 Å². The minimum Gasteiger partial charge on any atom is -0.237 e. The Morgan fingerprint density at radius 1 is 1.12 bits per heavy atom. The molecule has 0 atom stereocenters. The van der Waals surface area contributed by atoms with Crippen LogP contribution < -0.4 is 0 Å². The van der Waals surface area contributed by atoms with E-state index in [9.17, 15) is 0 Å². The van der Waals surface area contributed by atoms with Gasteiger partial charge in [-0.3, -0.25) is 0 Å². The molecule has 84 valence electrons. The van der Waals surface area contributed by atoms with E-state index >= 15 is 0 Å². The monoisotopic (exact) mass is 244 g/mol. The summed E-state index contributed by atoms with van der Waals surface area (Å²) in [6, 6.07) is 7.42. The van der Waals surface area contributed by atoms with Gasteiger partial charge in [-0.05, 0) is 25.1 Å². The zero-order chi connectivity index (χ0) is 11.8. The maximum atomic E-state index is 6.15. The summed E-state index contributed by atoms with van der Waals surface area (Å²) in [6.45, 7) is 1.91. The molecule has 0 amide bonds. The number of aromatic nitrogens is 4. The third-order valence-corrected chi connectivity index (χ3v) is 2.87. The van der Waals surface area contributed by atoms with Gasteiger partial charge in [0.1, 0.15) is 0 Å². The van der Waals surface area contributed by atoms with Gasteiger partial charge in [-0.15, -0.1) is 0 Å². The van der Waals surface area contributed by atoms with Crippen molar-refractivity contribution in [3.8, 4) is 5.82 Å². The average Bonchev–Trinajstić information content (AvgIpc) is 2.69. The third-order valence-electron chi connectivity index (χ3n) is 2.56. The molecule has 3 aromatic heterocycles. The number of fused-ring (bicyclic) bond motifs is 1. The SMILES string of the molecule is Cc1nn(-c2ccccn2)c2nccc(Cl)c12. The molecule has 3 heterocycles. The second kappa shape index (κ2) is 3.82. The molecular weight excluding hydrogens is 236 g/mol. The van der Waals surface area contributed by atoms with Crippen molar-refractivity contribution in [3.63, 3.8) is 0 Å². The first-order chi connectivity index (χ1) is 8.27. The summed E-state index contributed by atoms with van der Waals surface area (Å²) >= 11 is 6.15. The number of hydrogen-bond donors (Lipinski definition) is 0. The summed E-state index contributed by atoms with van der Waals surface area (Å²) in [7, 11) is 0. The standard InChI is InChI=1S/C12H9ClN4/c1-8-11-9(13)5-7-15-12(11)17(16-8)10-4-2-3-6-14-10/h2-7H,1H3. The molecule has 0 N–H and O–H groups in total. The first-order valence-corrected chi connectivity index (χ1v) is 5.56. The van der Waals surface area contributed by atoms with Gasteiger partial charge in [0.2, 0.25) is 0 Å². The highest BCUT2D eigenvalue weighted by molar-refractivity contribution is 6.35. The highest BCUT2D eigenvalue weighted by Gasteiger charge is 2.12. The lowest BCUT2D eigenvalue weighted by Gasteiger charge is -2.00. The van der Waals surface area contributed by atoms with E-state index in [1.165, 1.54) is 0 Å². The lowest BCUT2D eigenvalue weighted by Crippen LogP contribution is -1.99. The Kier molecular flexibility index (Phi) is 2.30. The molecule has 3 aromatic rings. The second-order valence-corrected chi connectivity index (χ2v) is 4.08. The number of pyridine rings is 2. The van der Waals surface area contributed by atoms with Crippen LogP contribution in [0.15, 0.2) is 36.7 Å². The molecule has 17 heavy (non-hydrogen) atoms. The van der Waals surface area contributed by atoms with E-state index in [-0.39, 0.29) is 0 Å². The predicted octanol–water partition coefficient (Wildman–Crippen LogP) is 2.78. The Hall–Kier alpha value is -1.94. The zero-order valence-electron chi connectivity index (χ0n) is 9.13. The minimum absolute atomic E-state index is 0.662. The smallest absolute Gasteiger partial charge is 0.166 e. The van der Waals surface area contributed by atoms with Crippen LogP contribution in [-0.2, 0) is 0 Å². The predicted molar refractivity (Wildman–Crippen MR) is 66.4 cm³/mol. The quantitative estimate of drug-likeness (QED) is 0.661. The maximum Gasteiger partial charge on any atom is 0.166 e. The molecule has 0 unspecified atom stereocenters. The fraction of sp³-hybridized carbons (Fsp3) is 0.0833. The van der Waals surface area contributed by atoms with E-state index in [2.05, 4.69) is 15.1 Å². The van der Waals surface area contributed by atoms with Crippen molar-refractivity contribution in [2.75, 3.05) is 0 Å². The number of nitrogens with zero attached hydrogens (tertiary/aromatic N) is 4. The number of rotatable bonds is 1. The molecular formula is C12H9ClN4. The van der Waals surface area contributed by atoms with Gasteiger partial charge in [0.15, 0.2) is 11.5 Å². The molecule has 0 saturated carbocycles. The molecule has 0 aliphatic carbocycles. The van der Waals surface area contributed by atoms with Gasteiger partial charge in [0, 0.05) is 12.4 Å². The van der Waals surface area contributed by atoms with Crippen LogP contribution >= 0.6 is 11.6 Å². The molecule has 0 saturated heterocycles. The molecule has 0 radical (unpaired) electrons. The van der Waals surface area contributed by atoms with Gasteiger partial charge in [-0.2, -0.15) is 9.78 Å². The van der Waals surface area contributed by atoms with E-state index in [0.717, 1.165) is 22.5 Å². The summed E-state index contributed by atoms with van der Waals surface area (Å²) in [5.74, 6) is 0.736. The van der Waals surface area contributed by atoms with Gasteiger partial charge >= 0.3 is 0 Å². The Bertz CT molecular complexity index is 676. The molecule has 0 fully saturated rings. The Morgan fingerprint density at radius 2 is 2.00 bits per heavy atom. The zero-order valence-corrected chi connectivity index (χ0v) is 9.89. The van der Waals surface area contributed by atoms with Crippen molar-refractivity contribution in [2.24, 2.45) is 0 Å². The van der Waals surface area contributed by atoms with E-state index < -0.39 is 0 Å². The van der Waals surface area contributed by atoms with E-state index in [0.29, 0.717) is 5.02 Å². The van der Waals surface area contributed by atoms with Crippen LogP contribution in [0.4, 0.5) is 0 Å². The van der Waals surface area contributed by atoms with Crippen LogP contribution in [0.3, 0.4) is 0 Å². The summed E-state index contributed by atoms with van der Waals surface area (Å²) in [6.07, 6.45) is 3.40. The second-order valence-electron chi connectivity index (χ2n) is 3.68.